The first kappa shape index (κ1) is 12.2. The van der Waals surface area contributed by atoms with Gasteiger partial charge in [0.25, 0.3) is 0 Å². The number of hydrogen-bond donors (Lipinski definition) is 1. The van der Waals surface area contributed by atoms with Crippen molar-refractivity contribution in [1.82, 2.24) is 9.97 Å². The fourth-order valence-electron chi connectivity index (χ4n) is 2.03. The molecule has 2 aromatic rings. The summed E-state index contributed by atoms with van der Waals surface area (Å²) in [7, 11) is 0. The Morgan fingerprint density at radius 2 is 1.95 bits per heavy atom. The summed E-state index contributed by atoms with van der Waals surface area (Å²) in [5.74, 6) is 1.94. The molecule has 20 heavy (non-hydrogen) atoms. The standard InChI is InChI=1S/C14H12N4O2/c1-9-4-12-13(20-8-19-12)5-11(9)10-6-17-14(18-7-10)16-3-2-15/h4-7H,3,8H2,1H3,(H,16,17,18). The summed E-state index contributed by atoms with van der Waals surface area (Å²) in [6, 6.07) is 5.85. The fraction of sp³-hybridized carbons (Fsp3) is 0.214. The first-order valence-electron chi connectivity index (χ1n) is 6.11. The van der Waals surface area contributed by atoms with Gasteiger partial charge < -0.3 is 14.8 Å². The number of nitriles is 1. The van der Waals surface area contributed by atoms with Crippen LogP contribution in [0, 0.1) is 18.3 Å². The van der Waals surface area contributed by atoms with Gasteiger partial charge in [0.2, 0.25) is 12.7 Å². The zero-order chi connectivity index (χ0) is 13.9. The summed E-state index contributed by atoms with van der Waals surface area (Å²) in [5.41, 5.74) is 2.96. The van der Waals surface area contributed by atoms with Crippen molar-refractivity contribution in [3.63, 3.8) is 0 Å². The Bertz CT molecular complexity index is 677. The average molecular weight is 268 g/mol. The third-order valence-corrected chi connectivity index (χ3v) is 3.01. The number of fused-ring (bicyclic) bond motifs is 1. The first-order chi connectivity index (χ1) is 9.78. The second kappa shape index (κ2) is 5.05. The van der Waals surface area contributed by atoms with Crippen molar-refractivity contribution in [3.8, 4) is 28.7 Å². The van der Waals surface area contributed by atoms with E-state index in [0.717, 1.165) is 28.2 Å². The number of hydrogen-bond acceptors (Lipinski definition) is 6. The lowest BCUT2D eigenvalue weighted by atomic mass is 10.0. The SMILES string of the molecule is Cc1cc2c(cc1-c1cnc(NCC#N)nc1)OCO2. The minimum atomic E-state index is 0.183. The number of aromatic nitrogens is 2. The molecular weight excluding hydrogens is 256 g/mol. The van der Waals surface area contributed by atoms with Gasteiger partial charge >= 0.3 is 0 Å². The highest BCUT2D eigenvalue weighted by Gasteiger charge is 2.16. The number of aryl methyl sites for hydroxylation is 1. The van der Waals surface area contributed by atoms with E-state index in [2.05, 4.69) is 15.3 Å². The molecule has 3 rings (SSSR count). The molecule has 0 saturated carbocycles. The Labute approximate surface area is 116 Å². The van der Waals surface area contributed by atoms with Crippen molar-refractivity contribution in [3.05, 3.63) is 30.1 Å². The molecule has 0 fully saturated rings. The van der Waals surface area contributed by atoms with E-state index in [1.54, 1.807) is 12.4 Å². The molecule has 0 spiro atoms. The Morgan fingerprint density at radius 3 is 2.65 bits per heavy atom. The van der Waals surface area contributed by atoms with E-state index in [1.165, 1.54) is 0 Å². The highest BCUT2D eigenvalue weighted by molar-refractivity contribution is 5.70. The largest absolute Gasteiger partial charge is 0.454 e. The van der Waals surface area contributed by atoms with E-state index in [1.807, 2.05) is 25.1 Å². The summed E-state index contributed by atoms with van der Waals surface area (Å²) in [5, 5.41) is 11.3. The molecule has 0 radical (unpaired) electrons. The monoisotopic (exact) mass is 268 g/mol. The van der Waals surface area contributed by atoms with Crippen molar-refractivity contribution >= 4 is 5.95 Å². The summed E-state index contributed by atoms with van der Waals surface area (Å²) in [6.07, 6.45) is 3.44. The highest BCUT2D eigenvalue weighted by Crippen LogP contribution is 2.38. The van der Waals surface area contributed by atoms with E-state index < -0.39 is 0 Å². The van der Waals surface area contributed by atoms with E-state index in [4.69, 9.17) is 14.7 Å². The lowest BCUT2D eigenvalue weighted by Gasteiger charge is -2.08. The van der Waals surface area contributed by atoms with Gasteiger partial charge in [-0.15, -0.1) is 0 Å². The predicted molar refractivity (Wildman–Crippen MR) is 72.4 cm³/mol. The molecule has 2 heterocycles. The number of ether oxygens (including phenoxy) is 2. The van der Waals surface area contributed by atoms with Gasteiger partial charge in [0.05, 0.1) is 6.07 Å². The maximum atomic E-state index is 8.49. The van der Waals surface area contributed by atoms with Gasteiger partial charge in [-0.25, -0.2) is 9.97 Å². The first-order valence-corrected chi connectivity index (χ1v) is 6.11. The summed E-state index contributed by atoms with van der Waals surface area (Å²) in [4.78, 5) is 8.36. The zero-order valence-corrected chi connectivity index (χ0v) is 10.9. The van der Waals surface area contributed by atoms with E-state index in [0.29, 0.717) is 5.95 Å². The Balaban J connectivity index is 1.91. The molecule has 0 unspecified atom stereocenters. The molecule has 1 aliphatic rings. The second-order valence-electron chi connectivity index (χ2n) is 4.33. The van der Waals surface area contributed by atoms with Crippen molar-refractivity contribution in [2.24, 2.45) is 0 Å². The van der Waals surface area contributed by atoms with Crippen LogP contribution in [0.1, 0.15) is 5.56 Å². The number of nitrogens with one attached hydrogen (secondary N) is 1. The molecule has 0 atom stereocenters. The van der Waals surface area contributed by atoms with E-state index >= 15 is 0 Å². The highest BCUT2D eigenvalue weighted by atomic mass is 16.7. The summed E-state index contributed by atoms with van der Waals surface area (Å²) in [6.45, 7) is 2.44. The molecular formula is C14H12N4O2. The van der Waals surface area contributed by atoms with Crippen LogP contribution in [0.4, 0.5) is 5.95 Å². The molecule has 1 aromatic carbocycles. The molecule has 100 valence electrons. The number of rotatable bonds is 3. The van der Waals surface area contributed by atoms with Crippen LogP contribution in [-0.2, 0) is 0 Å². The molecule has 0 aliphatic carbocycles. The lowest BCUT2D eigenvalue weighted by Crippen LogP contribution is -2.02. The molecule has 1 aliphatic heterocycles. The van der Waals surface area contributed by atoms with Crippen molar-refractivity contribution < 1.29 is 9.47 Å². The molecule has 0 amide bonds. The van der Waals surface area contributed by atoms with Crippen molar-refractivity contribution in [1.29, 1.82) is 5.26 Å². The maximum Gasteiger partial charge on any atom is 0.231 e. The van der Waals surface area contributed by atoms with Crippen LogP contribution in [0.2, 0.25) is 0 Å². The topological polar surface area (TPSA) is 80.1 Å². The minimum Gasteiger partial charge on any atom is -0.454 e. The Morgan fingerprint density at radius 1 is 1.25 bits per heavy atom. The van der Waals surface area contributed by atoms with Crippen LogP contribution in [0.15, 0.2) is 24.5 Å². The van der Waals surface area contributed by atoms with Crippen LogP contribution in [0.3, 0.4) is 0 Å². The zero-order valence-electron chi connectivity index (χ0n) is 10.9. The molecule has 6 heteroatoms. The normalized spacial score (nSPS) is 12.0. The van der Waals surface area contributed by atoms with Gasteiger partial charge in [-0.3, -0.25) is 0 Å². The molecule has 0 saturated heterocycles. The van der Waals surface area contributed by atoms with E-state index in [9.17, 15) is 0 Å². The quantitative estimate of drug-likeness (QED) is 0.859. The number of nitrogens with zero attached hydrogens (tertiary/aromatic N) is 3. The number of benzene rings is 1. The predicted octanol–water partition coefficient (Wildman–Crippen LogP) is 2.12. The lowest BCUT2D eigenvalue weighted by molar-refractivity contribution is 0.174. The van der Waals surface area contributed by atoms with Crippen LogP contribution in [0.5, 0.6) is 11.5 Å². The minimum absolute atomic E-state index is 0.183. The average Bonchev–Trinajstić information content (AvgIpc) is 2.92. The molecule has 6 nitrogen and oxygen atoms in total. The van der Waals surface area contributed by atoms with Crippen LogP contribution in [-0.4, -0.2) is 23.3 Å². The number of anilines is 1. The van der Waals surface area contributed by atoms with Gasteiger partial charge in [0.15, 0.2) is 11.5 Å². The van der Waals surface area contributed by atoms with Crippen molar-refractivity contribution in [2.75, 3.05) is 18.7 Å². The van der Waals surface area contributed by atoms with Gasteiger partial charge in [-0.2, -0.15) is 5.26 Å². The maximum absolute atomic E-state index is 8.49. The van der Waals surface area contributed by atoms with Crippen molar-refractivity contribution in [2.45, 2.75) is 6.92 Å². The Hall–Kier alpha value is -2.81. The van der Waals surface area contributed by atoms with Gasteiger partial charge in [0, 0.05) is 18.0 Å². The van der Waals surface area contributed by atoms with Gasteiger partial charge in [-0.05, 0) is 30.2 Å². The van der Waals surface area contributed by atoms with Crippen LogP contribution >= 0.6 is 0 Å². The summed E-state index contributed by atoms with van der Waals surface area (Å²) >= 11 is 0. The Kier molecular flexibility index (Phi) is 3.09. The van der Waals surface area contributed by atoms with Gasteiger partial charge in [-0.1, -0.05) is 0 Å². The molecule has 0 bridgehead atoms. The summed E-state index contributed by atoms with van der Waals surface area (Å²) < 4.78 is 10.7. The smallest absolute Gasteiger partial charge is 0.231 e. The van der Waals surface area contributed by atoms with E-state index in [-0.39, 0.29) is 13.3 Å². The third-order valence-electron chi connectivity index (χ3n) is 3.01. The van der Waals surface area contributed by atoms with Crippen LogP contribution in [0.25, 0.3) is 11.1 Å². The third kappa shape index (κ3) is 2.21. The molecule has 1 N–H and O–H groups in total. The fourth-order valence-corrected chi connectivity index (χ4v) is 2.03. The molecule has 1 aromatic heterocycles. The van der Waals surface area contributed by atoms with Crippen LogP contribution < -0.4 is 14.8 Å². The second-order valence-corrected chi connectivity index (χ2v) is 4.33. The van der Waals surface area contributed by atoms with Gasteiger partial charge in [0.1, 0.15) is 6.54 Å².